The van der Waals surface area contributed by atoms with Crippen molar-refractivity contribution in [2.45, 2.75) is 31.4 Å². The van der Waals surface area contributed by atoms with E-state index in [2.05, 4.69) is 26.0 Å². The third-order valence-electron chi connectivity index (χ3n) is 4.24. The molecule has 0 unspecified atom stereocenters. The monoisotopic (exact) mass is 274 g/mol. The smallest absolute Gasteiger partial charge is 0.148 e. The Morgan fingerprint density at radius 3 is 2.75 bits per heavy atom. The zero-order chi connectivity index (χ0) is 14.0. The summed E-state index contributed by atoms with van der Waals surface area (Å²) < 4.78 is 0. The highest BCUT2D eigenvalue weighted by Crippen LogP contribution is 2.35. The summed E-state index contributed by atoms with van der Waals surface area (Å²) in [5.74, 6) is 1.06. The number of likely N-dealkylation sites (tertiary alicyclic amines) is 1. The topological polar surface area (TPSA) is 41.0 Å². The second-order valence-corrected chi connectivity index (χ2v) is 5.99. The molecule has 1 fully saturated rings. The van der Waals surface area contributed by atoms with Crippen LogP contribution in [0.2, 0.25) is 0 Å². The van der Waals surface area contributed by atoms with Crippen LogP contribution in [0.1, 0.15) is 24.8 Å². The molecule has 0 N–H and O–H groups in total. The number of pyridine rings is 1. The van der Waals surface area contributed by atoms with Crippen molar-refractivity contribution >= 4 is 5.84 Å². The molecule has 2 aliphatic rings. The van der Waals surface area contributed by atoms with Gasteiger partial charge in [-0.25, -0.2) is 0 Å². The van der Waals surface area contributed by atoms with Gasteiger partial charge in [-0.1, -0.05) is 11.2 Å². The third-order valence-corrected chi connectivity index (χ3v) is 4.24. The van der Waals surface area contributed by atoms with Gasteiger partial charge in [0.1, 0.15) is 11.4 Å². The van der Waals surface area contributed by atoms with Gasteiger partial charge in [0.25, 0.3) is 0 Å². The van der Waals surface area contributed by atoms with Crippen molar-refractivity contribution in [2.24, 2.45) is 5.16 Å². The van der Waals surface area contributed by atoms with Crippen LogP contribution in [0.15, 0.2) is 29.7 Å². The van der Waals surface area contributed by atoms with Gasteiger partial charge >= 0.3 is 0 Å². The Kier molecular flexibility index (Phi) is 3.61. The average molecular weight is 274 g/mol. The lowest BCUT2D eigenvalue weighted by Gasteiger charge is -2.37. The Morgan fingerprint density at radius 2 is 2.15 bits per heavy atom. The Hall–Kier alpha value is -1.62. The highest BCUT2D eigenvalue weighted by molar-refractivity contribution is 5.83. The molecule has 1 saturated heterocycles. The SMILES string of the molecule is CN(C)C1=NOC2(CCN(Cc3cccnc3)CC2)C1. The molecule has 5 heteroatoms. The average Bonchev–Trinajstić information content (AvgIpc) is 2.87. The Bertz CT molecular complexity index is 478. The standard InChI is InChI=1S/C15H22N4O/c1-18(2)14-10-15(20-17-14)5-8-19(9-6-15)12-13-4-3-7-16-11-13/h3-4,7,11H,5-6,8-10,12H2,1-2H3. The Labute approximate surface area is 120 Å². The normalized spacial score (nSPS) is 21.6. The van der Waals surface area contributed by atoms with Gasteiger partial charge < -0.3 is 9.74 Å². The molecule has 3 rings (SSSR count). The number of piperidine rings is 1. The zero-order valence-electron chi connectivity index (χ0n) is 12.2. The third kappa shape index (κ3) is 2.77. The van der Waals surface area contributed by atoms with E-state index >= 15 is 0 Å². The summed E-state index contributed by atoms with van der Waals surface area (Å²) in [6, 6.07) is 4.13. The van der Waals surface area contributed by atoms with Crippen LogP contribution in [0.3, 0.4) is 0 Å². The largest absolute Gasteiger partial charge is 0.387 e. The van der Waals surface area contributed by atoms with Crippen molar-refractivity contribution in [2.75, 3.05) is 27.2 Å². The molecule has 1 aromatic rings. The summed E-state index contributed by atoms with van der Waals surface area (Å²) in [5.41, 5.74) is 1.23. The predicted octanol–water partition coefficient (Wildman–Crippen LogP) is 1.71. The molecule has 0 aromatic carbocycles. The highest BCUT2D eigenvalue weighted by Gasteiger charge is 2.42. The van der Waals surface area contributed by atoms with Crippen molar-refractivity contribution in [3.8, 4) is 0 Å². The molecule has 108 valence electrons. The lowest BCUT2D eigenvalue weighted by atomic mass is 9.88. The maximum atomic E-state index is 5.76. The van der Waals surface area contributed by atoms with Crippen LogP contribution in [0.5, 0.6) is 0 Å². The molecular formula is C15H22N4O. The minimum absolute atomic E-state index is 0.0506. The van der Waals surface area contributed by atoms with Gasteiger partial charge in [-0.2, -0.15) is 0 Å². The molecule has 0 aliphatic carbocycles. The molecule has 1 aromatic heterocycles. The zero-order valence-corrected chi connectivity index (χ0v) is 12.2. The number of nitrogens with zero attached hydrogens (tertiary/aromatic N) is 4. The van der Waals surface area contributed by atoms with E-state index in [1.807, 2.05) is 32.6 Å². The summed E-state index contributed by atoms with van der Waals surface area (Å²) in [5, 5.41) is 4.24. The summed E-state index contributed by atoms with van der Waals surface area (Å²) in [7, 11) is 4.05. The second-order valence-electron chi connectivity index (χ2n) is 5.99. The number of amidine groups is 1. The maximum Gasteiger partial charge on any atom is 0.148 e. The van der Waals surface area contributed by atoms with E-state index in [4.69, 9.17) is 4.84 Å². The lowest BCUT2D eigenvalue weighted by molar-refractivity contribution is -0.0627. The van der Waals surface area contributed by atoms with E-state index in [9.17, 15) is 0 Å². The Balaban J connectivity index is 1.53. The van der Waals surface area contributed by atoms with E-state index in [-0.39, 0.29) is 5.60 Å². The van der Waals surface area contributed by atoms with Gasteiger partial charge in [0.15, 0.2) is 0 Å². The van der Waals surface area contributed by atoms with Gasteiger partial charge in [-0.05, 0) is 11.6 Å². The quantitative estimate of drug-likeness (QED) is 0.823. The number of hydrogen-bond donors (Lipinski definition) is 0. The van der Waals surface area contributed by atoms with E-state index in [1.54, 1.807) is 0 Å². The first-order chi connectivity index (χ1) is 9.67. The fourth-order valence-electron chi connectivity index (χ4n) is 2.88. The van der Waals surface area contributed by atoms with Crippen molar-refractivity contribution in [3.63, 3.8) is 0 Å². The first kappa shape index (κ1) is 13.4. The molecule has 1 spiro atoms. The number of aromatic nitrogens is 1. The maximum absolute atomic E-state index is 5.76. The first-order valence-electron chi connectivity index (χ1n) is 7.21. The van der Waals surface area contributed by atoms with Crippen LogP contribution < -0.4 is 0 Å². The summed E-state index contributed by atoms with van der Waals surface area (Å²) >= 11 is 0. The molecule has 5 nitrogen and oxygen atoms in total. The van der Waals surface area contributed by atoms with Crippen LogP contribution >= 0.6 is 0 Å². The molecule has 0 radical (unpaired) electrons. The van der Waals surface area contributed by atoms with Gasteiger partial charge in [0, 0.05) is 59.0 Å². The molecule has 3 heterocycles. The molecule has 0 amide bonds. The van der Waals surface area contributed by atoms with Crippen LogP contribution in [-0.2, 0) is 11.4 Å². The van der Waals surface area contributed by atoms with E-state index < -0.39 is 0 Å². The summed E-state index contributed by atoms with van der Waals surface area (Å²) in [6.45, 7) is 3.10. The minimum Gasteiger partial charge on any atom is -0.387 e. The van der Waals surface area contributed by atoms with Gasteiger partial charge in [0.05, 0.1) is 6.42 Å². The van der Waals surface area contributed by atoms with Crippen molar-refractivity contribution in [1.29, 1.82) is 0 Å². The van der Waals surface area contributed by atoms with Crippen molar-refractivity contribution < 1.29 is 4.84 Å². The second kappa shape index (κ2) is 5.40. The first-order valence-corrected chi connectivity index (χ1v) is 7.21. The minimum atomic E-state index is -0.0506. The number of hydrogen-bond acceptors (Lipinski definition) is 5. The van der Waals surface area contributed by atoms with Gasteiger partial charge in [-0.15, -0.1) is 0 Å². The molecule has 20 heavy (non-hydrogen) atoms. The van der Waals surface area contributed by atoms with Crippen LogP contribution in [0, 0.1) is 0 Å². The van der Waals surface area contributed by atoms with E-state index in [1.165, 1.54) is 5.56 Å². The lowest BCUT2D eigenvalue weighted by Crippen LogP contribution is -2.44. The summed E-state index contributed by atoms with van der Waals surface area (Å²) in [4.78, 5) is 14.5. The van der Waals surface area contributed by atoms with Crippen molar-refractivity contribution in [1.82, 2.24) is 14.8 Å². The van der Waals surface area contributed by atoms with E-state index in [0.29, 0.717) is 0 Å². The van der Waals surface area contributed by atoms with Crippen LogP contribution in [0.4, 0.5) is 0 Å². The fraction of sp³-hybridized carbons (Fsp3) is 0.600. The van der Waals surface area contributed by atoms with Crippen molar-refractivity contribution in [3.05, 3.63) is 30.1 Å². The molecule has 0 saturated carbocycles. The highest BCUT2D eigenvalue weighted by atomic mass is 16.7. The molecule has 0 bridgehead atoms. The number of oxime groups is 1. The van der Waals surface area contributed by atoms with Crippen LogP contribution in [0.25, 0.3) is 0 Å². The fourth-order valence-corrected chi connectivity index (χ4v) is 2.88. The predicted molar refractivity (Wildman–Crippen MR) is 78.3 cm³/mol. The van der Waals surface area contributed by atoms with Gasteiger partial charge in [0.2, 0.25) is 0 Å². The van der Waals surface area contributed by atoms with E-state index in [0.717, 1.165) is 44.7 Å². The number of rotatable bonds is 2. The van der Waals surface area contributed by atoms with Crippen LogP contribution in [-0.4, -0.2) is 53.4 Å². The Morgan fingerprint density at radius 1 is 1.35 bits per heavy atom. The molecule has 0 atom stereocenters. The molecule has 2 aliphatic heterocycles. The van der Waals surface area contributed by atoms with Gasteiger partial charge in [-0.3, -0.25) is 9.88 Å². The summed E-state index contributed by atoms with van der Waals surface area (Å²) in [6.07, 6.45) is 6.81. The molecular weight excluding hydrogens is 252 g/mol.